The molecule has 1 heterocycles. The van der Waals surface area contributed by atoms with Gasteiger partial charge in [-0.25, -0.2) is 4.98 Å². The van der Waals surface area contributed by atoms with Crippen molar-refractivity contribution in [1.82, 2.24) is 14.9 Å². The van der Waals surface area contributed by atoms with Gasteiger partial charge < -0.3 is 9.88 Å². The fourth-order valence-electron chi connectivity index (χ4n) is 3.32. The van der Waals surface area contributed by atoms with Crippen molar-refractivity contribution in [3.63, 3.8) is 0 Å². The Bertz CT molecular complexity index is 577. The second-order valence-corrected chi connectivity index (χ2v) is 5.98. The molecule has 3 heteroatoms. The topological polar surface area (TPSA) is 29.9 Å². The number of fused-ring (bicyclic) bond motifs is 1. The highest BCUT2D eigenvalue weighted by atomic mass is 15.2. The van der Waals surface area contributed by atoms with Crippen LogP contribution < -0.4 is 5.32 Å². The molecule has 2 aliphatic rings. The van der Waals surface area contributed by atoms with Gasteiger partial charge in [0.25, 0.3) is 0 Å². The summed E-state index contributed by atoms with van der Waals surface area (Å²) in [5.41, 5.74) is 2.46. The third-order valence-electron chi connectivity index (χ3n) is 4.48. The molecule has 2 saturated carbocycles. The van der Waals surface area contributed by atoms with E-state index in [2.05, 4.69) is 34.1 Å². The molecule has 2 aliphatic carbocycles. The first-order valence-corrected chi connectivity index (χ1v) is 7.61. The molecule has 0 radical (unpaired) electrons. The van der Waals surface area contributed by atoms with Crippen molar-refractivity contribution in [3.8, 4) is 0 Å². The third kappa shape index (κ3) is 2.16. The Balaban J connectivity index is 1.62. The first-order chi connectivity index (χ1) is 9.42. The van der Waals surface area contributed by atoms with Crippen LogP contribution in [-0.2, 0) is 6.54 Å². The maximum absolute atomic E-state index is 4.84. The van der Waals surface area contributed by atoms with Gasteiger partial charge in [-0.1, -0.05) is 25.0 Å². The van der Waals surface area contributed by atoms with Crippen LogP contribution in [0, 0.1) is 0 Å². The standard InChI is InChI=1S/C16H21N3/c1-2-6-12(5-1)17-11-16-18-14-7-3-4-8-15(14)19(16)13-9-10-13/h3-4,7-8,12-13,17H,1-2,5-6,9-11H2. The molecular formula is C16H21N3. The molecule has 0 atom stereocenters. The van der Waals surface area contributed by atoms with Gasteiger partial charge in [0.15, 0.2) is 0 Å². The molecule has 2 fully saturated rings. The molecule has 4 rings (SSSR count). The van der Waals surface area contributed by atoms with Gasteiger partial charge in [-0.15, -0.1) is 0 Å². The molecule has 0 saturated heterocycles. The number of nitrogens with zero attached hydrogens (tertiary/aromatic N) is 2. The summed E-state index contributed by atoms with van der Waals surface area (Å²) in [6, 6.07) is 9.96. The van der Waals surface area contributed by atoms with Crippen molar-refractivity contribution >= 4 is 11.0 Å². The van der Waals surface area contributed by atoms with Crippen LogP contribution in [0.2, 0.25) is 0 Å². The quantitative estimate of drug-likeness (QED) is 0.907. The van der Waals surface area contributed by atoms with E-state index in [0.29, 0.717) is 12.1 Å². The van der Waals surface area contributed by atoms with E-state index in [1.54, 1.807) is 0 Å². The van der Waals surface area contributed by atoms with E-state index >= 15 is 0 Å². The Kier molecular flexibility index (Phi) is 2.80. The summed E-state index contributed by atoms with van der Waals surface area (Å²) in [6.07, 6.45) is 8.08. The Morgan fingerprint density at radius 1 is 1.11 bits per heavy atom. The van der Waals surface area contributed by atoms with Crippen LogP contribution in [0.1, 0.15) is 50.4 Å². The predicted octanol–water partition coefficient (Wildman–Crippen LogP) is 3.40. The molecule has 100 valence electrons. The molecule has 0 amide bonds. The smallest absolute Gasteiger partial charge is 0.124 e. The number of benzene rings is 1. The Morgan fingerprint density at radius 3 is 2.68 bits per heavy atom. The summed E-state index contributed by atoms with van der Waals surface area (Å²) in [7, 11) is 0. The molecule has 0 unspecified atom stereocenters. The van der Waals surface area contributed by atoms with Crippen LogP contribution in [0.25, 0.3) is 11.0 Å². The first-order valence-electron chi connectivity index (χ1n) is 7.61. The number of rotatable bonds is 4. The van der Waals surface area contributed by atoms with Gasteiger partial charge in [0.1, 0.15) is 5.82 Å². The van der Waals surface area contributed by atoms with Crippen molar-refractivity contribution in [1.29, 1.82) is 0 Å². The lowest BCUT2D eigenvalue weighted by molar-refractivity contribution is 0.502. The Hall–Kier alpha value is -1.35. The molecule has 0 bridgehead atoms. The van der Waals surface area contributed by atoms with Crippen LogP contribution in [0.3, 0.4) is 0 Å². The van der Waals surface area contributed by atoms with Gasteiger partial charge in [-0.2, -0.15) is 0 Å². The van der Waals surface area contributed by atoms with Crippen LogP contribution in [-0.4, -0.2) is 15.6 Å². The van der Waals surface area contributed by atoms with Crippen molar-refractivity contribution in [3.05, 3.63) is 30.1 Å². The number of hydrogen-bond donors (Lipinski definition) is 1. The second-order valence-electron chi connectivity index (χ2n) is 5.98. The lowest BCUT2D eigenvalue weighted by Crippen LogP contribution is -2.26. The van der Waals surface area contributed by atoms with Crippen LogP contribution >= 0.6 is 0 Å². The normalized spacial score (nSPS) is 20.4. The summed E-state index contributed by atoms with van der Waals surface area (Å²) in [4.78, 5) is 4.84. The van der Waals surface area contributed by atoms with Crippen molar-refractivity contribution in [2.45, 2.75) is 57.2 Å². The van der Waals surface area contributed by atoms with Crippen LogP contribution in [0.4, 0.5) is 0 Å². The van der Waals surface area contributed by atoms with E-state index in [1.807, 2.05) is 0 Å². The van der Waals surface area contributed by atoms with E-state index in [4.69, 9.17) is 4.98 Å². The molecule has 0 aliphatic heterocycles. The highest BCUT2D eigenvalue weighted by molar-refractivity contribution is 5.76. The molecule has 1 aromatic carbocycles. The van der Waals surface area contributed by atoms with E-state index in [9.17, 15) is 0 Å². The predicted molar refractivity (Wildman–Crippen MR) is 77.1 cm³/mol. The summed E-state index contributed by atoms with van der Waals surface area (Å²) in [5.74, 6) is 1.23. The first kappa shape index (κ1) is 11.5. The van der Waals surface area contributed by atoms with Crippen molar-refractivity contribution < 1.29 is 0 Å². The largest absolute Gasteiger partial charge is 0.324 e. The van der Waals surface area contributed by atoms with Gasteiger partial charge in [-0.05, 0) is 37.8 Å². The number of para-hydroxylation sites is 2. The number of hydrogen-bond acceptors (Lipinski definition) is 2. The minimum absolute atomic E-state index is 0.702. The average molecular weight is 255 g/mol. The van der Waals surface area contributed by atoms with Gasteiger partial charge in [0, 0.05) is 12.1 Å². The number of imidazole rings is 1. The molecule has 3 nitrogen and oxygen atoms in total. The third-order valence-corrected chi connectivity index (χ3v) is 4.48. The SMILES string of the molecule is c1ccc2c(c1)nc(CNC1CCCC1)n2C1CC1. The van der Waals surface area contributed by atoms with Gasteiger partial charge >= 0.3 is 0 Å². The molecule has 1 aromatic heterocycles. The molecule has 2 aromatic rings. The van der Waals surface area contributed by atoms with Crippen LogP contribution in [0.5, 0.6) is 0 Å². The minimum Gasteiger partial charge on any atom is -0.324 e. The summed E-state index contributed by atoms with van der Waals surface area (Å²) in [6.45, 7) is 0.926. The second kappa shape index (κ2) is 4.64. The van der Waals surface area contributed by atoms with E-state index in [-0.39, 0.29) is 0 Å². The highest BCUT2D eigenvalue weighted by Gasteiger charge is 2.28. The van der Waals surface area contributed by atoms with Crippen molar-refractivity contribution in [2.75, 3.05) is 0 Å². The van der Waals surface area contributed by atoms with Crippen LogP contribution in [0.15, 0.2) is 24.3 Å². The van der Waals surface area contributed by atoms with Gasteiger partial charge in [0.2, 0.25) is 0 Å². The fourth-order valence-corrected chi connectivity index (χ4v) is 3.32. The molecular weight excluding hydrogens is 234 g/mol. The zero-order chi connectivity index (χ0) is 12.7. The maximum Gasteiger partial charge on any atom is 0.124 e. The lowest BCUT2D eigenvalue weighted by atomic mass is 10.2. The van der Waals surface area contributed by atoms with Crippen molar-refractivity contribution in [2.24, 2.45) is 0 Å². The average Bonchev–Trinajstić information content (AvgIpc) is 3.02. The number of nitrogens with one attached hydrogen (secondary N) is 1. The van der Waals surface area contributed by atoms with E-state index in [0.717, 1.165) is 12.1 Å². The molecule has 19 heavy (non-hydrogen) atoms. The van der Waals surface area contributed by atoms with Gasteiger partial charge in [-0.3, -0.25) is 0 Å². The Labute approximate surface area is 114 Å². The minimum atomic E-state index is 0.702. The summed E-state index contributed by atoms with van der Waals surface area (Å²) in [5, 5.41) is 3.70. The molecule has 1 N–H and O–H groups in total. The monoisotopic (exact) mass is 255 g/mol. The summed E-state index contributed by atoms with van der Waals surface area (Å²) < 4.78 is 2.47. The fraction of sp³-hybridized carbons (Fsp3) is 0.562. The lowest BCUT2D eigenvalue weighted by Gasteiger charge is -2.13. The Morgan fingerprint density at radius 2 is 1.89 bits per heavy atom. The zero-order valence-electron chi connectivity index (χ0n) is 11.3. The van der Waals surface area contributed by atoms with E-state index in [1.165, 1.54) is 49.9 Å². The molecule has 0 spiro atoms. The van der Waals surface area contributed by atoms with E-state index < -0.39 is 0 Å². The number of aromatic nitrogens is 2. The maximum atomic E-state index is 4.84. The zero-order valence-corrected chi connectivity index (χ0v) is 11.3. The van der Waals surface area contributed by atoms with Gasteiger partial charge in [0.05, 0.1) is 17.6 Å². The highest BCUT2D eigenvalue weighted by Crippen LogP contribution is 2.38. The summed E-state index contributed by atoms with van der Waals surface area (Å²) >= 11 is 0.